The van der Waals surface area contributed by atoms with Crippen LogP contribution in [-0.4, -0.2) is 15.7 Å². The second-order valence-electron chi connectivity index (χ2n) is 7.97. The van der Waals surface area contributed by atoms with E-state index in [4.69, 9.17) is 0 Å². The molecular formula is C23H27N3O. The Morgan fingerprint density at radius 2 is 1.67 bits per heavy atom. The molecule has 0 unspecified atom stereocenters. The number of aryl methyl sites for hydroxylation is 1. The normalized spacial score (nSPS) is 12.6. The van der Waals surface area contributed by atoms with Gasteiger partial charge in [0.2, 0.25) is 0 Å². The number of carbonyl (C=O) groups excluding carboxylic acids is 1. The Kier molecular flexibility index (Phi) is 5.17. The molecule has 0 aliphatic rings. The molecular weight excluding hydrogens is 334 g/mol. The molecule has 0 fully saturated rings. The molecule has 4 nitrogen and oxygen atoms in total. The van der Waals surface area contributed by atoms with Gasteiger partial charge in [0.25, 0.3) is 5.91 Å². The summed E-state index contributed by atoms with van der Waals surface area (Å²) >= 11 is 0. The Bertz CT molecular complexity index is 919. The van der Waals surface area contributed by atoms with Gasteiger partial charge in [0.1, 0.15) is 0 Å². The van der Waals surface area contributed by atoms with Gasteiger partial charge in [-0.2, -0.15) is 5.10 Å². The lowest BCUT2D eigenvalue weighted by molar-refractivity contribution is 0.0934. The van der Waals surface area contributed by atoms with E-state index in [0.29, 0.717) is 5.69 Å². The number of hydrogen-bond acceptors (Lipinski definition) is 2. The van der Waals surface area contributed by atoms with Crippen LogP contribution in [0.4, 0.5) is 0 Å². The summed E-state index contributed by atoms with van der Waals surface area (Å²) < 4.78 is 1.76. The van der Waals surface area contributed by atoms with E-state index in [0.717, 1.165) is 16.8 Å². The lowest BCUT2D eigenvalue weighted by Gasteiger charge is -2.19. The maximum atomic E-state index is 12.6. The first kappa shape index (κ1) is 18.9. The fourth-order valence-corrected chi connectivity index (χ4v) is 3.09. The highest BCUT2D eigenvalue weighted by atomic mass is 16.2. The molecule has 0 saturated heterocycles. The number of hydrogen-bond donors (Lipinski definition) is 1. The van der Waals surface area contributed by atoms with Crippen LogP contribution in [0.25, 0.3) is 11.3 Å². The minimum atomic E-state index is -0.167. The molecule has 1 atom stereocenters. The van der Waals surface area contributed by atoms with Crippen molar-refractivity contribution in [2.75, 3.05) is 0 Å². The zero-order valence-corrected chi connectivity index (χ0v) is 16.7. The summed E-state index contributed by atoms with van der Waals surface area (Å²) in [5.41, 5.74) is 4.86. The summed E-state index contributed by atoms with van der Waals surface area (Å²) in [5.74, 6) is -0.167. The Balaban J connectivity index is 1.79. The van der Waals surface area contributed by atoms with Crippen LogP contribution in [0.3, 0.4) is 0 Å². The van der Waals surface area contributed by atoms with Gasteiger partial charge < -0.3 is 5.32 Å². The standard InChI is InChI=1S/C23H27N3O/c1-16(17-9-7-6-8-10-17)24-22(27)20-15-21(26(5)25-20)18-11-13-19(14-12-18)23(2,3)4/h6-16H,1-5H3,(H,24,27)/t16-/m0/s1. The Labute approximate surface area is 161 Å². The van der Waals surface area contributed by atoms with Gasteiger partial charge in [-0.3, -0.25) is 9.48 Å². The van der Waals surface area contributed by atoms with Crippen molar-refractivity contribution in [1.82, 2.24) is 15.1 Å². The maximum Gasteiger partial charge on any atom is 0.272 e. The van der Waals surface area contributed by atoms with Crippen LogP contribution < -0.4 is 5.32 Å². The molecule has 27 heavy (non-hydrogen) atoms. The van der Waals surface area contributed by atoms with Crippen LogP contribution >= 0.6 is 0 Å². The topological polar surface area (TPSA) is 46.9 Å². The number of nitrogens with zero attached hydrogens (tertiary/aromatic N) is 2. The molecule has 0 aliphatic heterocycles. The molecule has 2 aromatic carbocycles. The fourth-order valence-electron chi connectivity index (χ4n) is 3.09. The summed E-state index contributed by atoms with van der Waals surface area (Å²) in [6.07, 6.45) is 0. The Hall–Kier alpha value is -2.88. The largest absolute Gasteiger partial charge is 0.344 e. The zero-order valence-electron chi connectivity index (χ0n) is 16.7. The van der Waals surface area contributed by atoms with Gasteiger partial charge in [-0.15, -0.1) is 0 Å². The van der Waals surface area contributed by atoms with Crippen molar-refractivity contribution < 1.29 is 4.79 Å². The average molecular weight is 361 g/mol. The van der Waals surface area contributed by atoms with Crippen molar-refractivity contribution in [2.24, 2.45) is 7.05 Å². The minimum absolute atomic E-state index is 0.0739. The molecule has 0 radical (unpaired) electrons. The number of benzene rings is 2. The molecule has 3 aromatic rings. The van der Waals surface area contributed by atoms with Gasteiger partial charge >= 0.3 is 0 Å². The molecule has 1 heterocycles. The van der Waals surface area contributed by atoms with Crippen LogP contribution in [0.1, 0.15) is 55.4 Å². The number of amides is 1. The number of rotatable bonds is 4. The van der Waals surface area contributed by atoms with E-state index < -0.39 is 0 Å². The van der Waals surface area contributed by atoms with Gasteiger partial charge in [0.15, 0.2) is 5.69 Å². The van der Waals surface area contributed by atoms with Gasteiger partial charge in [-0.1, -0.05) is 75.4 Å². The molecule has 1 aromatic heterocycles. The van der Waals surface area contributed by atoms with Crippen molar-refractivity contribution in [3.8, 4) is 11.3 Å². The van der Waals surface area contributed by atoms with E-state index in [-0.39, 0.29) is 17.4 Å². The molecule has 140 valence electrons. The third-order valence-corrected chi connectivity index (χ3v) is 4.81. The highest BCUT2D eigenvalue weighted by Crippen LogP contribution is 2.26. The molecule has 1 N–H and O–H groups in total. The monoisotopic (exact) mass is 361 g/mol. The van der Waals surface area contributed by atoms with E-state index in [1.165, 1.54) is 5.56 Å². The SMILES string of the molecule is C[C@H](NC(=O)c1cc(-c2ccc(C(C)(C)C)cc2)n(C)n1)c1ccccc1. The predicted molar refractivity (Wildman–Crippen MR) is 110 cm³/mol. The summed E-state index contributed by atoms with van der Waals surface area (Å²) in [6, 6.07) is 20.1. The van der Waals surface area contributed by atoms with E-state index in [9.17, 15) is 4.79 Å². The first-order chi connectivity index (χ1) is 12.8. The van der Waals surface area contributed by atoms with Gasteiger partial charge in [0, 0.05) is 7.05 Å². The Morgan fingerprint density at radius 3 is 2.26 bits per heavy atom. The number of carbonyl (C=O) groups is 1. The lowest BCUT2D eigenvalue weighted by atomic mass is 9.86. The van der Waals surface area contributed by atoms with Crippen molar-refractivity contribution in [1.29, 1.82) is 0 Å². The average Bonchev–Trinajstić information content (AvgIpc) is 3.03. The number of nitrogens with one attached hydrogen (secondary N) is 1. The molecule has 0 aliphatic carbocycles. The molecule has 3 rings (SSSR count). The second-order valence-corrected chi connectivity index (χ2v) is 7.97. The summed E-state index contributed by atoms with van der Waals surface area (Å²) in [5, 5.41) is 7.43. The minimum Gasteiger partial charge on any atom is -0.344 e. The summed E-state index contributed by atoms with van der Waals surface area (Å²) in [7, 11) is 1.87. The lowest BCUT2D eigenvalue weighted by Crippen LogP contribution is -2.27. The van der Waals surface area contributed by atoms with Crippen molar-refractivity contribution in [3.63, 3.8) is 0 Å². The van der Waals surface area contributed by atoms with E-state index in [1.807, 2.05) is 50.4 Å². The number of aromatic nitrogens is 2. The first-order valence-corrected chi connectivity index (χ1v) is 9.26. The van der Waals surface area contributed by atoms with E-state index >= 15 is 0 Å². The second kappa shape index (κ2) is 7.39. The molecule has 0 bridgehead atoms. The third kappa shape index (κ3) is 4.27. The molecule has 0 spiro atoms. The van der Waals surface area contributed by atoms with Crippen LogP contribution in [-0.2, 0) is 12.5 Å². The fraction of sp³-hybridized carbons (Fsp3) is 0.304. The van der Waals surface area contributed by atoms with Gasteiger partial charge in [-0.25, -0.2) is 0 Å². The molecule has 4 heteroatoms. The highest BCUT2D eigenvalue weighted by Gasteiger charge is 2.18. The van der Waals surface area contributed by atoms with Crippen molar-refractivity contribution in [3.05, 3.63) is 77.5 Å². The Morgan fingerprint density at radius 1 is 1.04 bits per heavy atom. The quantitative estimate of drug-likeness (QED) is 0.720. The molecule has 0 saturated carbocycles. The van der Waals surface area contributed by atoms with Crippen LogP contribution in [0.2, 0.25) is 0 Å². The maximum absolute atomic E-state index is 12.6. The summed E-state index contributed by atoms with van der Waals surface area (Å²) in [4.78, 5) is 12.6. The van der Waals surface area contributed by atoms with Crippen LogP contribution in [0.15, 0.2) is 60.7 Å². The van der Waals surface area contributed by atoms with Crippen molar-refractivity contribution in [2.45, 2.75) is 39.2 Å². The van der Waals surface area contributed by atoms with E-state index in [2.05, 4.69) is 55.5 Å². The van der Waals surface area contributed by atoms with Crippen LogP contribution in [0, 0.1) is 0 Å². The highest BCUT2D eigenvalue weighted by molar-refractivity contribution is 5.93. The van der Waals surface area contributed by atoms with Gasteiger partial charge in [0.05, 0.1) is 11.7 Å². The smallest absolute Gasteiger partial charge is 0.272 e. The first-order valence-electron chi connectivity index (χ1n) is 9.26. The zero-order chi connectivity index (χ0) is 19.6. The van der Waals surface area contributed by atoms with Crippen molar-refractivity contribution >= 4 is 5.91 Å². The van der Waals surface area contributed by atoms with Gasteiger partial charge in [-0.05, 0) is 35.1 Å². The predicted octanol–water partition coefficient (Wildman–Crippen LogP) is 4.88. The van der Waals surface area contributed by atoms with E-state index in [1.54, 1.807) is 4.68 Å². The third-order valence-electron chi connectivity index (χ3n) is 4.81. The van der Waals surface area contributed by atoms with Crippen LogP contribution in [0.5, 0.6) is 0 Å². The summed E-state index contributed by atoms with van der Waals surface area (Å²) in [6.45, 7) is 8.57. The molecule has 1 amide bonds.